The van der Waals surface area contributed by atoms with Crippen LogP contribution in [0.3, 0.4) is 0 Å². The van der Waals surface area contributed by atoms with Crippen LogP contribution in [0.5, 0.6) is 0 Å². The molecular formula is C15H19N3O2S. The third-order valence-electron chi connectivity index (χ3n) is 3.80. The van der Waals surface area contributed by atoms with Gasteiger partial charge >= 0.3 is 0 Å². The Morgan fingerprint density at radius 2 is 2.10 bits per heavy atom. The summed E-state index contributed by atoms with van der Waals surface area (Å²) in [6.07, 6.45) is 7.47. The van der Waals surface area contributed by atoms with Crippen LogP contribution in [-0.4, -0.2) is 24.7 Å². The smallest absolute Gasteiger partial charge is 0.240 e. The van der Waals surface area contributed by atoms with E-state index in [4.69, 9.17) is 0 Å². The molecular weight excluding hydrogens is 286 g/mol. The lowest BCUT2D eigenvalue weighted by atomic mass is 10.1. The van der Waals surface area contributed by atoms with Crippen LogP contribution < -0.4 is 4.72 Å². The van der Waals surface area contributed by atoms with Gasteiger partial charge in [0, 0.05) is 25.5 Å². The van der Waals surface area contributed by atoms with E-state index in [-0.39, 0.29) is 0 Å². The molecule has 1 aromatic heterocycles. The molecule has 0 fully saturated rings. The van der Waals surface area contributed by atoms with Crippen LogP contribution in [0, 0.1) is 0 Å². The van der Waals surface area contributed by atoms with Gasteiger partial charge in [0.15, 0.2) is 0 Å². The van der Waals surface area contributed by atoms with Gasteiger partial charge in [-0.1, -0.05) is 6.07 Å². The van der Waals surface area contributed by atoms with Crippen molar-refractivity contribution in [2.75, 3.05) is 6.54 Å². The number of sulfonamides is 1. The fraction of sp³-hybridized carbons (Fsp3) is 0.400. The Balaban J connectivity index is 1.59. The molecule has 112 valence electrons. The Bertz CT molecular complexity index is 709. The second-order valence-corrected chi connectivity index (χ2v) is 7.07. The summed E-state index contributed by atoms with van der Waals surface area (Å²) in [6, 6.07) is 7.33. The highest BCUT2D eigenvalue weighted by atomic mass is 32.2. The largest absolute Gasteiger partial charge is 0.273 e. The quantitative estimate of drug-likeness (QED) is 0.827. The van der Waals surface area contributed by atoms with Crippen LogP contribution in [0.25, 0.3) is 0 Å². The predicted octanol–water partition coefficient (Wildman–Crippen LogP) is 1.74. The van der Waals surface area contributed by atoms with Crippen molar-refractivity contribution in [2.45, 2.75) is 37.1 Å². The molecule has 0 amide bonds. The molecule has 1 aliphatic carbocycles. The summed E-state index contributed by atoms with van der Waals surface area (Å²) in [7, 11) is -3.40. The van der Waals surface area contributed by atoms with Crippen molar-refractivity contribution in [2.24, 2.45) is 0 Å². The molecule has 0 bridgehead atoms. The van der Waals surface area contributed by atoms with Crippen LogP contribution in [0.4, 0.5) is 0 Å². The van der Waals surface area contributed by atoms with Crippen LogP contribution in [0.2, 0.25) is 0 Å². The first-order valence-corrected chi connectivity index (χ1v) is 8.72. The molecule has 0 saturated heterocycles. The van der Waals surface area contributed by atoms with Crippen LogP contribution in [-0.2, 0) is 29.4 Å². The number of benzene rings is 1. The maximum atomic E-state index is 12.3. The first kappa shape index (κ1) is 14.3. The molecule has 0 saturated carbocycles. The minimum atomic E-state index is -3.40. The molecule has 1 heterocycles. The number of rotatable bonds is 6. The molecule has 0 spiro atoms. The first-order valence-electron chi connectivity index (χ1n) is 7.24. The molecule has 1 N–H and O–H groups in total. The molecule has 1 aliphatic rings. The van der Waals surface area contributed by atoms with Crippen molar-refractivity contribution >= 4 is 10.0 Å². The number of nitrogens with one attached hydrogen (secondary N) is 1. The lowest BCUT2D eigenvalue weighted by Gasteiger charge is -2.08. The Morgan fingerprint density at radius 1 is 1.24 bits per heavy atom. The van der Waals surface area contributed by atoms with Gasteiger partial charge in [-0.15, -0.1) is 0 Å². The topological polar surface area (TPSA) is 64.0 Å². The second kappa shape index (κ2) is 5.99. The number of fused-ring (bicyclic) bond motifs is 1. The van der Waals surface area contributed by atoms with E-state index < -0.39 is 10.0 Å². The molecule has 0 atom stereocenters. The van der Waals surface area contributed by atoms with Gasteiger partial charge in [-0.3, -0.25) is 4.68 Å². The molecule has 2 aromatic rings. The average Bonchev–Trinajstić information content (AvgIpc) is 3.13. The Hall–Kier alpha value is -1.66. The van der Waals surface area contributed by atoms with E-state index in [1.807, 2.05) is 24.4 Å². The van der Waals surface area contributed by atoms with E-state index in [1.54, 1.807) is 16.9 Å². The number of nitrogens with zero attached hydrogens (tertiary/aromatic N) is 2. The Morgan fingerprint density at radius 3 is 2.90 bits per heavy atom. The predicted molar refractivity (Wildman–Crippen MR) is 80.5 cm³/mol. The van der Waals surface area contributed by atoms with Gasteiger partial charge in [-0.05, 0) is 55.0 Å². The summed E-state index contributed by atoms with van der Waals surface area (Å²) < 4.78 is 29.0. The first-order chi connectivity index (χ1) is 10.1. The highest BCUT2D eigenvalue weighted by Gasteiger charge is 2.17. The van der Waals surface area contributed by atoms with E-state index in [0.29, 0.717) is 24.4 Å². The maximum Gasteiger partial charge on any atom is 0.240 e. The van der Waals surface area contributed by atoms with E-state index >= 15 is 0 Å². The molecule has 3 rings (SSSR count). The summed E-state index contributed by atoms with van der Waals surface area (Å²) in [6.45, 7) is 1.12. The average molecular weight is 305 g/mol. The molecule has 0 unspecified atom stereocenters. The fourth-order valence-electron chi connectivity index (χ4n) is 2.68. The van der Waals surface area contributed by atoms with Crippen molar-refractivity contribution in [3.63, 3.8) is 0 Å². The number of hydrogen-bond acceptors (Lipinski definition) is 3. The van der Waals surface area contributed by atoms with Gasteiger partial charge < -0.3 is 0 Å². The Labute approximate surface area is 125 Å². The van der Waals surface area contributed by atoms with Crippen molar-refractivity contribution in [1.82, 2.24) is 14.5 Å². The van der Waals surface area contributed by atoms with Crippen LogP contribution in [0.1, 0.15) is 24.0 Å². The Kier molecular flexibility index (Phi) is 4.07. The highest BCUT2D eigenvalue weighted by Crippen LogP contribution is 2.24. The zero-order chi connectivity index (χ0) is 14.7. The summed E-state index contributed by atoms with van der Waals surface area (Å²) >= 11 is 0. The second-order valence-electron chi connectivity index (χ2n) is 5.30. The molecule has 21 heavy (non-hydrogen) atoms. The number of hydrogen-bond donors (Lipinski definition) is 1. The molecule has 5 nitrogen and oxygen atoms in total. The maximum absolute atomic E-state index is 12.3. The summed E-state index contributed by atoms with van der Waals surface area (Å²) in [5.41, 5.74) is 2.46. The van der Waals surface area contributed by atoms with E-state index in [1.165, 1.54) is 11.1 Å². The lowest BCUT2D eigenvalue weighted by molar-refractivity contribution is 0.553. The minimum Gasteiger partial charge on any atom is -0.273 e. The van der Waals surface area contributed by atoms with Gasteiger partial charge in [0.25, 0.3) is 0 Å². The third-order valence-corrected chi connectivity index (χ3v) is 5.25. The van der Waals surface area contributed by atoms with E-state index in [0.717, 1.165) is 19.3 Å². The summed E-state index contributed by atoms with van der Waals surface area (Å²) in [5.74, 6) is 0. The van der Waals surface area contributed by atoms with Crippen LogP contribution in [0.15, 0.2) is 41.6 Å². The van der Waals surface area contributed by atoms with E-state index in [2.05, 4.69) is 9.82 Å². The lowest BCUT2D eigenvalue weighted by Crippen LogP contribution is -2.25. The monoisotopic (exact) mass is 305 g/mol. The number of aromatic nitrogens is 2. The highest BCUT2D eigenvalue weighted by molar-refractivity contribution is 7.89. The van der Waals surface area contributed by atoms with Crippen molar-refractivity contribution in [3.8, 4) is 0 Å². The van der Waals surface area contributed by atoms with Crippen molar-refractivity contribution in [3.05, 3.63) is 47.8 Å². The van der Waals surface area contributed by atoms with Gasteiger partial charge in [-0.2, -0.15) is 5.10 Å². The van der Waals surface area contributed by atoms with Crippen molar-refractivity contribution < 1.29 is 8.42 Å². The molecule has 6 heteroatoms. The molecule has 1 aromatic carbocycles. The standard InChI is InChI=1S/C15H19N3O2S/c19-21(20,17-9-3-11-18-10-2-8-16-18)15-7-6-13-4-1-5-14(13)12-15/h2,6-8,10,12,17H,1,3-5,9,11H2. The van der Waals surface area contributed by atoms with Crippen molar-refractivity contribution in [1.29, 1.82) is 0 Å². The summed E-state index contributed by atoms with van der Waals surface area (Å²) in [5, 5.41) is 4.09. The van der Waals surface area contributed by atoms with Gasteiger partial charge in [0.05, 0.1) is 4.90 Å². The van der Waals surface area contributed by atoms with Gasteiger partial charge in [-0.25, -0.2) is 13.1 Å². The molecule has 0 radical (unpaired) electrons. The minimum absolute atomic E-state index is 0.377. The number of aryl methyl sites for hydroxylation is 3. The SMILES string of the molecule is O=S(=O)(NCCCn1cccn1)c1ccc2c(c1)CCC2. The molecule has 0 aliphatic heterocycles. The zero-order valence-corrected chi connectivity index (χ0v) is 12.6. The fourth-order valence-corrected chi connectivity index (χ4v) is 3.80. The summed E-state index contributed by atoms with van der Waals surface area (Å²) in [4.78, 5) is 0.377. The normalized spacial score (nSPS) is 14.3. The van der Waals surface area contributed by atoms with E-state index in [9.17, 15) is 8.42 Å². The van der Waals surface area contributed by atoms with Gasteiger partial charge in [0.2, 0.25) is 10.0 Å². The zero-order valence-electron chi connectivity index (χ0n) is 11.8. The van der Waals surface area contributed by atoms with Crippen LogP contribution >= 0.6 is 0 Å². The van der Waals surface area contributed by atoms with Gasteiger partial charge in [0.1, 0.15) is 0 Å². The third kappa shape index (κ3) is 3.33.